The first-order valence-corrected chi connectivity index (χ1v) is 10.1. The Hall–Kier alpha value is -2.93. The monoisotopic (exact) mass is 479 g/mol. The number of carbonyl (C=O) groups excluding carboxylic acids is 1. The van der Waals surface area contributed by atoms with E-state index in [1.54, 1.807) is 48.5 Å². The zero-order valence-electron chi connectivity index (χ0n) is 15.9. The van der Waals surface area contributed by atoms with Gasteiger partial charge in [0, 0.05) is 21.8 Å². The maximum atomic E-state index is 12.2. The number of hydrogen-bond donors (Lipinski definition) is 2. The van der Waals surface area contributed by atoms with Crippen molar-refractivity contribution in [2.75, 3.05) is 11.9 Å². The number of nitrogens with one attached hydrogen (secondary N) is 1. The Kier molecular flexibility index (Phi) is 7.63. The molecule has 0 fully saturated rings. The zero-order chi connectivity index (χ0) is 22.4. The van der Waals surface area contributed by atoms with Crippen molar-refractivity contribution in [3.8, 4) is 17.2 Å². The number of carboxylic acids is 1. The van der Waals surface area contributed by atoms with Gasteiger partial charge >= 0.3 is 5.97 Å². The average molecular weight is 481 g/mol. The van der Waals surface area contributed by atoms with Crippen LogP contribution in [-0.4, -0.2) is 23.6 Å². The van der Waals surface area contributed by atoms with Crippen LogP contribution in [-0.2, 0) is 4.79 Å². The van der Waals surface area contributed by atoms with Crippen LogP contribution in [0.1, 0.15) is 16.8 Å². The molecule has 0 aromatic heterocycles. The van der Waals surface area contributed by atoms with Crippen molar-refractivity contribution in [3.63, 3.8) is 0 Å². The third kappa shape index (κ3) is 6.52. The van der Waals surface area contributed by atoms with E-state index in [-0.39, 0.29) is 24.5 Å². The third-order valence-electron chi connectivity index (χ3n) is 4.00. The highest BCUT2D eigenvalue weighted by Gasteiger charge is 2.12. The van der Waals surface area contributed by atoms with E-state index in [1.165, 1.54) is 12.1 Å². The van der Waals surface area contributed by atoms with Crippen LogP contribution in [0.25, 0.3) is 0 Å². The van der Waals surface area contributed by atoms with E-state index in [4.69, 9.17) is 49.4 Å². The third-order valence-corrected chi connectivity index (χ3v) is 4.77. The molecule has 0 aliphatic rings. The molecule has 2 N–H and O–H groups in total. The molecule has 6 nitrogen and oxygen atoms in total. The molecule has 3 rings (SSSR count). The largest absolute Gasteiger partial charge is 0.489 e. The molecule has 0 bridgehead atoms. The number of carboxylic acid groups (broad SMARTS) is 1. The number of anilines is 1. The highest BCUT2D eigenvalue weighted by atomic mass is 35.5. The summed E-state index contributed by atoms with van der Waals surface area (Å²) in [6.07, 6.45) is 0.0188. The number of aromatic carboxylic acids is 1. The minimum Gasteiger partial charge on any atom is -0.489 e. The van der Waals surface area contributed by atoms with E-state index < -0.39 is 5.97 Å². The molecule has 3 aromatic rings. The first-order valence-electron chi connectivity index (χ1n) is 9.00. The van der Waals surface area contributed by atoms with Crippen LogP contribution in [0, 0.1) is 0 Å². The maximum absolute atomic E-state index is 12.2. The van der Waals surface area contributed by atoms with Crippen molar-refractivity contribution in [1.29, 1.82) is 0 Å². The molecule has 160 valence electrons. The van der Waals surface area contributed by atoms with Gasteiger partial charge in [-0.1, -0.05) is 40.9 Å². The fraction of sp³-hybridized carbons (Fsp3) is 0.0909. The molecule has 0 unspecified atom stereocenters. The summed E-state index contributed by atoms with van der Waals surface area (Å²) in [6.45, 7) is 0.0372. The zero-order valence-corrected chi connectivity index (χ0v) is 18.2. The van der Waals surface area contributed by atoms with Crippen molar-refractivity contribution in [1.82, 2.24) is 0 Å². The standard InChI is InChI=1S/C22H16Cl3NO5/c23-14-4-6-18(17(25)11-14)31-19-7-5-15(24)12-20(19)30-9-8-21(27)26-16-3-1-2-13(10-16)22(28)29/h1-7,10-12H,8-9H2,(H,26,27)(H,28,29). The molecule has 0 radical (unpaired) electrons. The molecule has 0 saturated heterocycles. The summed E-state index contributed by atoms with van der Waals surface area (Å²) >= 11 is 18.1. The van der Waals surface area contributed by atoms with E-state index in [9.17, 15) is 9.59 Å². The molecule has 0 aliphatic carbocycles. The lowest BCUT2D eigenvalue weighted by Gasteiger charge is -2.14. The van der Waals surface area contributed by atoms with Crippen molar-refractivity contribution in [3.05, 3.63) is 81.3 Å². The van der Waals surface area contributed by atoms with Gasteiger partial charge in [0.1, 0.15) is 5.75 Å². The van der Waals surface area contributed by atoms with E-state index in [0.29, 0.717) is 38.0 Å². The summed E-state index contributed by atoms with van der Waals surface area (Å²) in [6, 6.07) is 15.6. The van der Waals surface area contributed by atoms with Crippen LogP contribution in [0.5, 0.6) is 17.2 Å². The number of benzene rings is 3. The van der Waals surface area contributed by atoms with Gasteiger partial charge in [0.2, 0.25) is 5.91 Å². The topological polar surface area (TPSA) is 84.9 Å². The first-order chi connectivity index (χ1) is 14.8. The van der Waals surface area contributed by atoms with Crippen LogP contribution >= 0.6 is 34.8 Å². The molecule has 0 atom stereocenters. The molecule has 0 heterocycles. The number of carbonyl (C=O) groups is 2. The normalized spacial score (nSPS) is 10.4. The molecule has 31 heavy (non-hydrogen) atoms. The van der Waals surface area contributed by atoms with Gasteiger partial charge in [0.05, 0.1) is 23.6 Å². The van der Waals surface area contributed by atoms with Crippen molar-refractivity contribution in [2.24, 2.45) is 0 Å². The SMILES string of the molecule is O=C(CCOc1cc(Cl)ccc1Oc1ccc(Cl)cc1Cl)Nc1cccc(C(=O)O)c1. The predicted molar refractivity (Wildman–Crippen MR) is 120 cm³/mol. The highest BCUT2D eigenvalue weighted by Crippen LogP contribution is 2.37. The summed E-state index contributed by atoms with van der Waals surface area (Å²) in [7, 11) is 0. The quantitative estimate of drug-likeness (QED) is 0.382. The van der Waals surface area contributed by atoms with E-state index in [0.717, 1.165) is 0 Å². The maximum Gasteiger partial charge on any atom is 0.335 e. The second kappa shape index (κ2) is 10.4. The van der Waals surface area contributed by atoms with Crippen molar-refractivity contribution >= 4 is 52.4 Å². The van der Waals surface area contributed by atoms with Crippen LogP contribution < -0.4 is 14.8 Å². The number of rotatable bonds is 8. The van der Waals surface area contributed by atoms with Crippen LogP contribution in [0.15, 0.2) is 60.7 Å². The Morgan fingerprint density at radius 1 is 0.871 bits per heavy atom. The Morgan fingerprint density at radius 3 is 2.29 bits per heavy atom. The van der Waals surface area contributed by atoms with Gasteiger partial charge in [-0.2, -0.15) is 0 Å². The molecule has 0 aliphatic heterocycles. The van der Waals surface area contributed by atoms with Gasteiger partial charge in [-0.15, -0.1) is 0 Å². The summed E-state index contributed by atoms with van der Waals surface area (Å²) < 4.78 is 11.5. The Bertz CT molecular complexity index is 1120. The molecular weight excluding hydrogens is 465 g/mol. The van der Waals surface area contributed by atoms with E-state index in [2.05, 4.69) is 5.32 Å². The molecular formula is C22H16Cl3NO5. The van der Waals surface area contributed by atoms with Gasteiger partial charge in [-0.3, -0.25) is 4.79 Å². The second-order valence-electron chi connectivity index (χ2n) is 6.30. The Morgan fingerprint density at radius 2 is 1.58 bits per heavy atom. The van der Waals surface area contributed by atoms with Crippen molar-refractivity contribution < 1.29 is 24.2 Å². The second-order valence-corrected chi connectivity index (χ2v) is 7.58. The molecule has 0 spiro atoms. The van der Waals surface area contributed by atoms with Gasteiger partial charge in [0.25, 0.3) is 0 Å². The lowest BCUT2D eigenvalue weighted by atomic mass is 10.2. The Labute approximate surface area is 193 Å². The van der Waals surface area contributed by atoms with Gasteiger partial charge in [-0.05, 0) is 48.5 Å². The minimum absolute atomic E-state index is 0.0188. The Balaban J connectivity index is 1.62. The highest BCUT2D eigenvalue weighted by molar-refractivity contribution is 6.35. The first kappa shape index (κ1) is 22.7. The average Bonchev–Trinajstić information content (AvgIpc) is 2.72. The fourth-order valence-electron chi connectivity index (χ4n) is 2.56. The summed E-state index contributed by atoms with van der Waals surface area (Å²) in [5.41, 5.74) is 0.463. The summed E-state index contributed by atoms with van der Waals surface area (Å²) in [5.74, 6) is -0.335. The fourth-order valence-corrected chi connectivity index (χ4v) is 3.17. The lowest BCUT2D eigenvalue weighted by Crippen LogP contribution is -2.15. The number of ether oxygens (including phenoxy) is 2. The molecule has 9 heteroatoms. The van der Waals surface area contributed by atoms with E-state index >= 15 is 0 Å². The van der Waals surface area contributed by atoms with Crippen LogP contribution in [0.2, 0.25) is 15.1 Å². The molecule has 0 saturated carbocycles. The van der Waals surface area contributed by atoms with Crippen LogP contribution in [0.4, 0.5) is 5.69 Å². The van der Waals surface area contributed by atoms with Gasteiger partial charge < -0.3 is 19.9 Å². The minimum atomic E-state index is -1.08. The lowest BCUT2D eigenvalue weighted by molar-refractivity contribution is -0.116. The number of amides is 1. The van der Waals surface area contributed by atoms with E-state index in [1.807, 2.05) is 0 Å². The number of halogens is 3. The smallest absolute Gasteiger partial charge is 0.335 e. The summed E-state index contributed by atoms with van der Waals surface area (Å²) in [5, 5.41) is 12.9. The molecule has 1 amide bonds. The predicted octanol–water partition coefficient (Wildman–Crippen LogP) is 6.54. The number of hydrogen-bond acceptors (Lipinski definition) is 4. The molecule has 3 aromatic carbocycles. The van der Waals surface area contributed by atoms with Crippen molar-refractivity contribution in [2.45, 2.75) is 6.42 Å². The van der Waals surface area contributed by atoms with Gasteiger partial charge in [0.15, 0.2) is 11.5 Å². The van der Waals surface area contributed by atoms with Gasteiger partial charge in [-0.25, -0.2) is 4.79 Å². The van der Waals surface area contributed by atoms with Crippen LogP contribution in [0.3, 0.4) is 0 Å². The summed E-state index contributed by atoms with van der Waals surface area (Å²) in [4.78, 5) is 23.2.